The monoisotopic (exact) mass is 295 g/mol. The van der Waals surface area contributed by atoms with Crippen LogP contribution < -0.4 is 5.32 Å². The minimum absolute atomic E-state index is 0.00641. The highest BCUT2D eigenvalue weighted by Crippen LogP contribution is 2.17. The van der Waals surface area contributed by atoms with E-state index in [0.717, 1.165) is 17.7 Å². The summed E-state index contributed by atoms with van der Waals surface area (Å²) < 4.78 is 27.7. The number of aryl methyl sites for hydroxylation is 1. The number of aliphatic hydroxyl groups excluding tert-OH is 1. The van der Waals surface area contributed by atoms with Gasteiger partial charge in [0.05, 0.1) is 12.3 Å². The van der Waals surface area contributed by atoms with Crippen LogP contribution in [0.3, 0.4) is 0 Å². The molecule has 0 fully saturated rings. The number of rotatable bonds is 5. The Morgan fingerprint density at radius 3 is 2.86 bits per heavy atom. The van der Waals surface area contributed by atoms with E-state index >= 15 is 0 Å². The van der Waals surface area contributed by atoms with Crippen LogP contribution in [0.4, 0.5) is 8.78 Å². The molecule has 0 spiro atoms. The van der Waals surface area contributed by atoms with Gasteiger partial charge in [-0.1, -0.05) is 6.07 Å². The zero-order valence-electron chi connectivity index (χ0n) is 11.4. The van der Waals surface area contributed by atoms with Crippen molar-refractivity contribution in [1.82, 2.24) is 15.1 Å². The van der Waals surface area contributed by atoms with Crippen molar-refractivity contribution in [1.29, 1.82) is 0 Å². The summed E-state index contributed by atoms with van der Waals surface area (Å²) in [5.41, 5.74) is 0.864. The number of hydrogen-bond donors (Lipinski definition) is 2. The molecule has 1 atom stereocenters. The molecule has 2 aromatic rings. The number of aromatic nitrogens is 2. The summed E-state index contributed by atoms with van der Waals surface area (Å²) in [6.45, 7) is 1.69. The molecule has 0 aliphatic rings. The maximum atomic E-state index is 13.4. The third kappa shape index (κ3) is 4.09. The predicted octanol–water partition coefficient (Wildman–Crippen LogP) is 1.32. The Kier molecular flexibility index (Phi) is 4.64. The van der Waals surface area contributed by atoms with Gasteiger partial charge >= 0.3 is 0 Å². The second-order valence-electron chi connectivity index (χ2n) is 4.70. The Balaban J connectivity index is 1.88. The maximum absolute atomic E-state index is 13.4. The first kappa shape index (κ1) is 15.1. The number of amides is 1. The van der Waals surface area contributed by atoms with Crippen LogP contribution in [-0.2, 0) is 11.3 Å². The molecular weight excluding hydrogens is 280 g/mol. The Hall–Kier alpha value is -2.28. The highest BCUT2D eigenvalue weighted by molar-refractivity contribution is 5.75. The van der Waals surface area contributed by atoms with Gasteiger partial charge in [0.1, 0.15) is 18.2 Å². The molecule has 112 valence electrons. The number of hydrogen-bond acceptors (Lipinski definition) is 3. The van der Waals surface area contributed by atoms with Crippen molar-refractivity contribution >= 4 is 5.91 Å². The molecule has 21 heavy (non-hydrogen) atoms. The summed E-state index contributed by atoms with van der Waals surface area (Å²) in [6.07, 6.45) is 2.08. The van der Waals surface area contributed by atoms with Crippen LogP contribution in [0.25, 0.3) is 0 Å². The SMILES string of the molecule is Cc1cnn(CC(=O)NC[C@H](O)c2ccc(F)cc2F)c1. The van der Waals surface area contributed by atoms with Gasteiger partial charge in [-0.05, 0) is 18.6 Å². The second kappa shape index (κ2) is 6.45. The smallest absolute Gasteiger partial charge is 0.241 e. The molecule has 0 saturated heterocycles. The van der Waals surface area contributed by atoms with E-state index in [1.807, 2.05) is 6.92 Å². The van der Waals surface area contributed by atoms with Crippen molar-refractivity contribution in [3.8, 4) is 0 Å². The minimum Gasteiger partial charge on any atom is -0.386 e. The number of benzene rings is 1. The molecule has 1 aromatic carbocycles. The molecule has 2 rings (SSSR count). The Bertz CT molecular complexity index is 643. The van der Waals surface area contributed by atoms with Gasteiger partial charge in [-0.2, -0.15) is 5.10 Å². The lowest BCUT2D eigenvalue weighted by Gasteiger charge is -2.13. The molecular formula is C14H15F2N3O2. The topological polar surface area (TPSA) is 67.2 Å². The molecule has 5 nitrogen and oxygen atoms in total. The van der Waals surface area contributed by atoms with E-state index in [-0.39, 0.29) is 24.6 Å². The zero-order valence-corrected chi connectivity index (χ0v) is 11.4. The summed E-state index contributed by atoms with van der Waals surface area (Å²) in [7, 11) is 0. The highest BCUT2D eigenvalue weighted by Gasteiger charge is 2.14. The Labute approximate surface area is 120 Å². The molecule has 0 radical (unpaired) electrons. The van der Waals surface area contributed by atoms with Crippen LogP contribution >= 0.6 is 0 Å². The van der Waals surface area contributed by atoms with Crippen molar-refractivity contribution in [2.45, 2.75) is 19.6 Å². The lowest BCUT2D eigenvalue weighted by Crippen LogP contribution is -2.31. The van der Waals surface area contributed by atoms with Gasteiger partial charge in [-0.3, -0.25) is 9.48 Å². The average molecular weight is 295 g/mol. The summed E-state index contributed by atoms with van der Waals surface area (Å²) >= 11 is 0. The Morgan fingerprint density at radius 1 is 1.48 bits per heavy atom. The van der Waals surface area contributed by atoms with E-state index in [1.165, 1.54) is 4.68 Å². The third-order valence-corrected chi connectivity index (χ3v) is 2.88. The summed E-state index contributed by atoms with van der Waals surface area (Å²) in [5.74, 6) is -1.93. The maximum Gasteiger partial charge on any atom is 0.241 e. The number of nitrogens with one attached hydrogen (secondary N) is 1. The molecule has 0 saturated carbocycles. The molecule has 0 unspecified atom stereocenters. The first-order valence-corrected chi connectivity index (χ1v) is 6.34. The molecule has 7 heteroatoms. The summed E-state index contributed by atoms with van der Waals surface area (Å²) in [5, 5.41) is 16.2. The fraction of sp³-hybridized carbons (Fsp3) is 0.286. The fourth-order valence-corrected chi connectivity index (χ4v) is 1.85. The molecule has 0 aliphatic heterocycles. The molecule has 0 bridgehead atoms. The quantitative estimate of drug-likeness (QED) is 0.874. The largest absolute Gasteiger partial charge is 0.386 e. The van der Waals surface area contributed by atoms with Crippen LogP contribution in [0, 0.1) is 18.6 Å². The summed E-state index contributed by atoms with van der Waals surface area (Å²) in [6, 6.07) is 2.89. The van der Waals surface area contributed by atoms with Crippen molar-refractivity contribution in [2.75, 3.05) is 6.54 Å². The van der Waals surface area contributed by atoms with Crippen molar-refractivity contribution in [3.63, 3.8) is 0 Å². The van der Waals surface area contributed by atoms with E-state index in [9.17, 15) is 18.7 Å². The number of halogens is 2. The van der Waals surface area contributed by atoms with Gasteiger partial charge in [0.25, 0.3) is 0 Å². The lowest BCUT2D eigenvalue weighted by atomic mass is 10.1. The van der Waals surface area contributed by atoms with Crippen LogP contribution in [0.1, 0.15) is 17.2 Å². The van der Waals surface area contributed by atoms with Gasteiger partial charge in [0.15, 0.2) is 0 Å². The van der Waals surface area contributed by atoms with Gasteiger partial charge in [-0.25, -0.2) is 8.78 Å². The zero-order chi connectivity index (χ0) is 15.4. The van der Waals surface area contributed by atoms with Gasteiger partial charge in [0, 0.05) is 24.4 Å². The second-order valence-corrected chi connectivity index (χ2v) is 4.70. The lowest BCUT2D eigenvalue weighted by molar-refractivity contribution is -0.122. The number of carbonyl (C=O) groups is 1. The van der Waals surface area contributed by atoms with Gasteiger partial charge in [-0.15, -0.1) is 0 Å². The van der Waals surface area contributed by atoms with E-state index < -0.39 is 17.7 Å². The first-order valence-electron chi connectivity index (χ1n) is 6.34. The van der Waals surface area contributed by atoms with Gasteiger partial charge < -0.3 is 10.4 Å². The predicted molar refractivity (Wildman–Crippen MR) is 71.3 cm³/mol. The van der Waals surface area contributed by atoms with E-state index in [2.05, 4.69) is 10.4 Å². The normalized spacial score (nSPS) is 12.2. The number of carbonyl (C=O) groups excluding carboxylic acids is 1. The van der Waals surface area contributed by atoms with E-state index in [1.54, 1.807) is 12.4 Å². The first-order chi connectivity index (χ1) is 9.95. The molecule has 0 aliphatic carbocycles. The van der Waals surface area contributed by atoms with Crippen LogP contribution in [0.2, 0.25) is 0 Å². The van der Waals surface area contributed by atoms with Crippen LogP contribution in [-0.4, -0.2) is 27.3 Å². The number of nitrogens with zero attached hydrogens (tertiary/aromatic N) is 2. The molecule has 1 heterocycles. The third-order valence-electron chi connectivity index (χ3n) is 2.88. The van der Waals surface area contributed by atoms with Gasteiger partial charge in [0.2, 0.25) is 5.91 Å². The van der Waals surface area contributed by atoms with Crippen molar-refractivity contribution < 1.29 is 18.7 Å². The standard InChI is InChI=1S/C14H15F2N3O2/c1-9-5-18-19(7-9)8-14(21)17-6-13(20)11-3-2-10(15)4-12(11)16/h2-5,7,13,20H,6,8H2,1H3,(H,17,21)/t13-/m0/s1. The minimum atomic E-state index is -1.24. The van der Waals surface area contributed by atoms with Crippen LogP contribution in [0.15, 0.2) is 30.6 Å². The van der Waals surface area contributed by atoms with Crippen molar-refractivity contribution in [2.24, 2.45) is 0 Å². The molecule has 1 amide bonds. The average Bonchev–Trinajstić information content (AvgIpc) is 2.81. The summed E-state index contributed by atoms with van der Waals surface area (Å²) in [4.78, 5) is 11.7. The Morgan fingerprint density at radius 2 is 2.24 bits per heavy atom. The fourth-order valence-electron chi connectivity index (χ4n) is 1.85. The van der Waals surface area contributed by atoms with E-state index in [4.69, 9.17) is 0 Å². The van der Waals surface area contributed by atoms with E-state index in [0.29, 0.717) is 6.07 Å². The highest BCUT2D eigenvalue weighted by atomic mass is 19.1. The van der Waals surface area contributed by atoms with Crippen LogP contribution in [0.5, 0.6) is 0 Å². The number of aliphatic hydroxyl groups is 1. The molecule has 1 aromatic heterocycles. The molecule has 2 N–H and O–H groups in total. The van der Waals surface area contributed by atoms with Crippen molar-refractivity contribution in [3.05, 3.63) is 53.4 Å².